The average Bonchev–Trinajstić information content (AvgIpc) is 2.31. The Hall–Kier alpha value is -2.15. The van der Waals surface area contributed by atoms with Gasteiger partial charge < -0.3 is 4.74 Å². The summed E-state index contributed by atoms with van der Waals surface area (Å²) in [5.41, 5.74) is 0.462. The largest absolute Gasteiger partial charge is 0.491 e. The van der Waals surface area contributed by atoms with Crippen LogP contribution in [0, 0.1) is 0 Å². The van der Waals surface area contributed by atoms with Crippen molar-refractivity contribution in [3.8, 4) is 5.75 Å². The summed E-state index contributed by atoms with van der Waals surface area (Å²) >= 11 is 0. The van der Waals surface area contributed by atoms with Gasteiger partial charge >= 0.3 is 0 Å². The second-order valence-corrected chi connectivity index (χ2v) is 2.98. The van der Waals surface area contributed by atoms with E-state index in [4.69, 9.17) is 4.74 Å². The minimum absolute atomic E-state index is 0.462. The first kappa shape index (κ1) is 11.9. The van der Waals surface area contributed by atoms with Crippen molar-refractivity contribution >= 4 is 17.7 Å². The van der Waals surface area contributed by atoms with Crippen molar-refractivity contribution in [1.29, 1.82) is 0 Å². The predicted octanol–water partition coefficient (Wildman–Crippen LogP) is 2.20. The van der Waals surface area contributed by atoms with Gasteiger partial charge in [-0.2, -0.15) is 4.99 Å². The Balaban J connectivity index is 2.52. The van der Waals surface area contributed by atoms with Crippen LogP contribution < -0.4 is 4.74 Å². The normalized spacial score (nSPS) is 8.75. The van der Waals surface area contributed by atoms with Gasteiger partial charge in [0.2, 0.25) is 6.08 Å². The molecular formula is C12H11NO3. The maximum Gasteiger partial charge on any atom is 0.240 e. The van der Waals surface area contributed by atoms with Crippen LogP contribution in [0.1, 0.15) is 12.8 Å². The van der Waals surface area contributed by atoms with Crippen LogP contribution in [-0.4, -0.2) is 18.6 Å². The van der Waals surface area contributed by atoms with E-state index in [1.165, 1.54) is 12.2 Å². The van der Waals surface area contributed by atoms with E-state index in [1.807, 2.05) is 0 Å². The maximum absolute atomic E-state index is 10.1. The summed E-state index contributed by atoms with van der Waals surface area (Å²) in [5.74, 6) is 2.24. The Morgan fingerprint density at radius 1 is 1.31 bits per heavy atom. The van der Waals surface area contributed by atoms with Crippen molar-refractivity contribution in [1.82, 2.24) is 0 Å². The molecule has 0 saturated carbocycles. The summed E-state index contributed by atoms with van der Waals surface area (Å²) in [4.78, 5) is 23.6. The summed E-state index contributed by atoms with van der Waals surface area (Å²) < 4.78 is 5.41. The zero-order chi connectivity index (χ0) is 11.6. The number of benzene rings is 1. The number of unbranched alkanes of at least 4 members (excludes halogenated alkanes) is 1. The van der Waals surface area contributed by atoms with Gasteiger partial charge in [0.25, 0.3) is 0 Å². The Kier molecular flexibility index (Phi) is 5.35. The first-order chi connectivity index (χ1) is 7.88. The lowest BCUT2D eigenvalue weighted by molar-refractivity contribution is 0.313. The van der Waals surface area contributed by atoms with Crippen molar-refractivity contribution in [3.05, 3.63) is 30.3 Å². The molecule has 0 aromatic heterocycles. The summed E-state index contributed by atoms with van der Waals surface area (Å²) in [7, 11) is 0. The van der Waals surface area contributed by atoms with Gasteiger partial charge in [-0.25, -0.2) is 9.59 Å². The SMILES string of the molecule is O=C=CCCCOc1ccccc1N=C=O. The number of rotatable bonds is 6. The smallest absolute Gasteiger partial charge is 0.240 e. The van der Waals surface area contributed by atoms with Crippen LogP contribution >= 0.6 is 0 Å². The van der Waals surface area contributed by atoms with Crippen LogP contribution in [-0.2, 0) is 9.59 Å². The van der Waals surface area contributed by atoms with E-state index >= 15 is 0 Å². The van der Waals surface area contributed by atoms with E-state index in [9.17, 15) is 9.59 Å². The van der Waals surface area contributed by atoms with Crippen LogP contribution in [0.4, 0.5) is 5.69 Å². The number of allylic oxidation sites excluding steroid dienone is 1. The molecular weight excluding hydrogens is 206 g/mol. The van der Waals surface area contributed by atoms with Crippen molar-refractivity contribution in [2.24, 2.45) is 4.99 Å². The number of ether oxygens (including phenoxy) is 1. The molecule has 0 atom stereocenters. The fraction of sp³-hybridized carbons (Fsp3) is 0.250. The van der Waals surface area contributed by atoms with E-state index < -0.39 is 0 Å². The minimum atomic E-state index is 0.462. The van der Waals surface area contributed by atoms with Crippen molar-refractivity contribution in [2.45, 2.75) is 12.8 Å². The molecule has 0 aliphatic heterocycles. The molecule has 0 heterocycles. The van der Waals surface area contributed by atoms with Crippen molar-refractivity contribution in [3.63, 3.8) is 0 Å². The lowest BCUT2D eigenvalue weighted by Gasteiger charge is -2.06. The molecule has 0 N–H and O–H groups in total. The summed E-state index contributed by atoms with van der Waals surface area (Å²) in [5, 5.41) is 0. The number of nitrogens with zero attached hydrogens (tertiary/aromatic N) is 1. The molecule has 0 saturated heterocycles. The quantitative estimate of drug-likeness (QED) is 0.317. The molecule has 0 spiro atoms. The highest BCUT2D eigenvalue weighted by atomic mass is 16.5. The molecule has 0 aliphatic rings. The van der Waals surface area contributed by atoms with Crippen LogP contribution in [0.2, 0.25) is 0 Å². The maximum atomic E-state index is 10.1. The molecule has 16 heavy (non-hydrogen) atoms. The summed E-state index contributed by atoms with van der Waals surface area (Å²) in [6, 6.07) is 6.96. The van der Waals surface area contributed by atoms with E-state index in [-0.39, 0.29) is 0 Å². The first-order valence-corrected chi connectivity index (χ1v) is 4.87. The number of isocyanates is 1. The molecule has 0 unspecified atom stereocenters. The molecule has 0 aliphatic carbocycles. The number of hydrogen-bond acceptors (Lipinski definition) is 4. The molecule has 1 aromatic carbocycles. The van der Waals surface area contributed by atoms with Gasteiger partial charge in [0.05, 0.1) is 6.61 Å². The summed E-state index contributed by atoms with van der Waals surface area (Å²) in [6.45, 7) is 0.462. The number of para-hydroxylation sites is 2. The third-order valence-electron chi connectivity index (χ3n) is 1.87. The highest BCUT2D eigenvalue weighted by molar-refractivity contribution is 5.57. The monoisotopic (exact) mass is 217 g/mol. The van der Waals surface area contributed by atoms with Gasteiger partial charge in [0.1, 0.15) is 17.4 Å². The summed E-state index contributed by atoms with van der Waals surface area (Å²) in [6.07, 6.45) is 4.23. The molecule has 0 amide bonds. The molecule has 0 fully saturated rings. The van der Waals surface area contributed by atoms with E-state index in [0.29, 0.717) is 30.9 Å². The zero-order valence-corrected chi connectivity index (χ0v) is 8.68. The first-order valence-electron chi connectivity index (χ1n) is 4.87. The van der Waals surface area contributed by atoms with Gasteiger partial charge in [-0.05, 0) is 31.1 Å². The van der Waals surface area contributed by atoms with Gasteiger partial charge in [0, 0.05) is 0 Å². The second-order valence-electron chi connectivity index (χ2n) is 2.98. The lowest BCUT2D eigenvalue weighted by atomic mass is 10.3. The minimum Gasteiger partial charge on any atom is -0.491 e. The molecule has 0 radical (unpaired) electrons. The van der Waals surface area contributed by atoms with Gasteiger partial charge in [-0.1, -0.05) is 12.1 Å². The number of hydrogen-bond donors (Lipinski definition) is 0. The number of carbonyl (C=O) groups excluding carboxylic acids is 2. The fourth-order valence-corrected chi connectivity index (χ4v) is 1.15. The lowest BCUT2D eigenvalue weighted by Crippen LogP contribution is -1.96. The van der Waals surface area contributed by atoms with Crippen LogP contribution in [0.3, 0.4) is 0 Å². The van der Waals surface area contributed by atoms with Gasteiger partial charge in [-0.3, -0.25) is 0 Å². The standard InChI is InChI=1S/C12H11NO3/c14-8-4-1-5-9-16-12-7-3-2-6-11(12)13-10-15/h2-4,6-7H,1,5,9H2. The molecule has 1 rings (SSSR count). The Bertz CT molecular complexity index is 430. The van der Waals surface area contributed by atoms with Crippen LogP contribution in [0.5, 0.6) is 5.75 Å². The Morgan fingerprint density at radius 2 is 2.12 bits per heavy atom. The van der Waals surface area contributed by atoms with E-state index in [0.717, 1.165) is 0 Å². The second kappa shape index (κ2) is 7.18. The third-order valence-corrected chi connectivity index (χ3v) is 1.87. The Labute approximate surface area is 93.3 Å². The molecule has 82 valence electrons. The highest BCUT2D eigenvalue weighted by Gasteiger charge is 2.00. The number of aliphatic imine (C=N–C) groups is 1. The van der Waals surface area contributed by atoms with Crippen LogP contribution in [0.25, 0.3) is 0 Å². The van der Waals surface area contributed by atoms with E-state index in [2.05, 4.69) is 4.99 Å². The van der Waals surface area contributed by atoms with Gasteiger partial charge in [-0.15, -0.1) is 0 Å². The average molecular weight is 217 g/mol. The molecule has 4 heteroatoms. The molecule has 1 aromatic rings. The third kappa shape index (κ3) is 3.93. The van der Waals surface area contributed by atoms with Crippen molar-refractivity contribution < 1.29 is 14.3 Å². The highest BCUT2D eigenvalue weighted by Crippen LogP contribution is 2.26. The van der Waals surface area contributed by atoms with Gasteiger partial charge in [0.15, 0.2) is 0 Å². The molecule has 0 bridgehead atoms. The zero-order valence-electron chi connectivity index (χ0n) is 8.68. The Morgan fingerprint density at radius 3 is 2.88 bits per heavy atom. The van der Waals surface area contributed by atoms with Crippen LogP contribution in [0.15, 0.2) is 35.3 Å². The topological polar surface area (TPSA) is 55.7 Å². The predicted molar refractivity (Wildman–Crippen MR) is 59.2 cm³/mol. The molecule has 4 nitrogen and oxygen atoms in total. The fourth-order valence-electron chi connectivity index (χ4n) is 1.15. The van der Waals surface area contributed by atoms with E-state index in [1.54, 1.807) is 30.2 Å². The van der Waals surface area contributed by atoms with Crippen molar-refractivity contribution in [2.75, 3.05) is 6.61 Å².